The summed E-state index contributed by atoms with van der Waals surface area (Å²) in [6.07, 6.45) is -1.56. The average molecular weight is 817 g/mol. The molecule has 6 unspecified atom stereocenters. The molecular weight excluding hydrogens is 773 g/mol. The number of epoxide rings is 4. The third-order valence-corrected chi connectivity index (χ3v) is 10.3. The van der Waals surface area contributed by atoms with Crippen molar-refractivity contribution in [3.63, 3.8) is 0 Å². The van der Waals surface area contributed by atoms with Crippen LogP contribution in [0.3, 0.4) is 0 Å². The van der Waals surface area contributed by atoms with Crippen molar-refractivity contribution in [3.05, 3.63) is 109 Å². The van der Waals surface area contributed by atoms with Crippen LogP contribution < -0.4 is 28.4 Å². The fourth-order valence-corrected chi connectivity index (χ4v) is 6.63. The third kappa shape index (κ3) is 10.3. The Morgan fingerprint density at radius 2 is 1.03 bits per heavy atom. The number of esters is 1. The minimum atomic E-state index is -0.701. The summed E-state index contributed by atoms with van der Waals surface area (Å²) in [5.41, 5.74) is 0. The predicted octanol–water partition coefficient (Wildman–Crippen LogP) is 6.67. The van der Waals surface area contributed by atoms with E-state index in [0.717, 1.165) is 57.0 Å². The molecule has 0 N–H and O–H groups in total. The van der Waals surface area contributed by atoms with Crippen molar-refractivity contribution < 1.29 is 61.6 Å². The lowest BCUT2D eigenvalue weighted by molar-refractivity contribution is -0.153. The number of rotatable bonds is 22. The maximum Gasteiger partial charge on any atom is 0.338 e. The summed E-state index contributed by atoms with van der Waals surface area (Å²) in [6, 6.07) is 35.1. The van der Waals surface area contributed by atoms with Crippen molar-refractivity contribution in [1.29, 1.82) is 0 Å². The number of ether oxygens (including phenoxy) is 12. The second kappa shape index (κ2) is 17.4. The van der Waals surface area contributed by atoms with E-state index in [4.69, 9.17) is 56.8 Å². The SMILES string of the molecule is O=C(OC(COc1ccc2ccc(OCC3CO3)cc2c1)COc1ccc2c(OCC(OCC3CO3)Oc3ccc4ccc(OCC5CO5)cc4c3)cccc2c1)C1CO1. The smallest absolute Gasteiger partial charge is 0.338 e. The quantitative estimate of drug-likeness (QED) is 0.0410. The van der Waals surface area contributed by atoms with E-state index < -0.39 is 24.5 Å². The Morgan fingerprint density at radius 1 is 0.517 bits per heavy atom. The Balaban J connectivity index is 0.779. The molecule has 0 amide bonds. The summed E-state index contributed by atoms with van der Waals surface area (Å²) in [5.74, 6) is 3.63. The van der Waals surface area contributed by atoms with Crippen LogP contribution in [0.4, 0.5) is 0 Å². The third-order valence-electron chi connectivity index (χ3n) is 10.3. The molecule has 0 aromatic heterocycles. The van der Waals surface area contributed by atoms with Gasteiger partial charge in [-0.15, -0.1) is 0 Å². The van der Waals surface area contributed by atoms with Crippen molar-refractivity contribution >= 4 is 38.3 Å². The first-order valence-corrected chi connectivity index (χ1v) is 20.2. The highest BCUT2D eigenvalue weighted by atomic mass is 16.7. The predicted molar refractivity (Wildman–Crippen MR) is 219 cm³/mol. The van der Waals surface area contributed by atoms with Crippen LogP contribution in [0.25, 0.3) is 32.3 Å². The summed E-state index contributed by atoms with van der Waals surface area (Å²) in [7, 11) is 0. The van der Waals surface area contributed by atoms with Gasteiger partial charge in [-0.3, -0.25) is 0 Å². The number of carbonyl (C=O) groups excluding carboxylic acids is 1. The summed E-state index contributed by atoms with van der Waals surface area (Å²) < 4.78 is 69.8. The monoisotopic (exact) mass is 816 g/mol. The van der Waals surface area contributed by atoms with Crippen molar-refractivity contribution in [2.75, 3.05) is 66.1 Å². The number of hydrogen-bond acceptors (Lipinski definition) is 13. The number of carbonyl (C=O) groups is 1. The van der Waals surface area contributed by atoms with Crippen LogP contribution in [0.2, 0.25) is 0 Å². The standard InChI is InChI=1S/C47H44O13/c48-47(45-27-56-45)60-42(25-51-36-10-5-29-4-8-34(15-32(29)16-36)49-19-39-21-53-39)26-52-37-12-13-43-31(14-37)2-1-3-44(43)57-28-46(58-24-41-23-55-41)59-38-11-7-30-6-9-35(17-33(30)18-38)50-20-40-22-54-40/h1-18,39-42,45-46H,19-28H2. The summed E-state index contributed by atoms with van der Waals surface area (Å²) in [6.45, 7) is 4.21. The molecule has 13 heteroatoms. The van der Waals surface area contributed by atoms with Crippen molar-refractivity contribution in [2.24, 2.45) is 0 Å². The van der Waals surface area contributed by atoms with Crippen molar-refractivity contribution in [1.82, 2.24) is 0 Å². The molecule has 4 aliphatic rings. The zero-order valence-electron chi connectivity index (χ0n) is 32.7. The first-order chi connectivity index (χ1) is 29.5. The summed E-state index contributed by atoms with van der Waals surface area (Å²) in [5, 5.41) is 5.84. The van der Waals surface area contributed by atoms with E-state index in [1.165, 1.54) is 0 Å². The van der Waals surface area contributed by atoms with Gasteiger partial charge in [0, 0.05) is 5.39 Å². The maximum absolute atomic E-state index is 12.6. The molecule has 4 saturated heterocycles. The lowest BCUT2D eigenvalue weighted by atomic mass is 10.1. The Kier molecular flexibility index (Phi) is 11.1. The molecule has 0 spiro atoms. The zero-order chi connectivity index (χ0) is 40.3. The van der Waals surface area contributed by atoms with Gasteiger partial charge in [0.1, 0.15) is 79.2 Å². The topological polar surface area (TPSA) is 141 Å². The Bertz CT molecular complexity index is 2460. The second-order valence-electron chi connectivity index (χ2n) is 15.2. The van der Waals surface area contributed by atoms with E-state index in [1.807, 2.05) is 109 Å². The van der Waals surface area contributed by atoms with Crippen LogP contribution in [0.1, 0.15) is 0 Å². The lowest BCUT2D eigenvalue weighted by Gasteiger charge is -2.21. The van der Waals surface area contributed by atoms with Gasteiger partial charge in [0.25, 0.3) is 0 Å². The van der Waals surface area contributed by atoms with E-state index in [9.17, 15) is 4.79 Å². The fraction of sp³-hybridized carbons (Fsp3) is 0.340. The molecule has 4 aliphatic heterocycles. The van der Waals surface area contributed by atoms with Gasteiger partial charge in [0.05, 0.1) is 33.0 Å². The largest absolute Gasteiger partial charge is 0.491 e. The van der Waals surface area contributed by atoms with Gasteiger partial charge in [-0.25, -0.2) is 4.79 Å². The number of fused-ring (bicyclic) bond motifs is 3. The molecule has 0 bridgehead atoms. The molecule has 4 fully saturated rings. The fourth-order valence-electron chi connectivity index (χ4n) is 6.63. The van der Waals surface area contributed by atoms with Crippen LogP contribution in [-0.2, 0) is 33.2 Å². The van der Waals surface area contributed by atoms with Gasteiger partial charge < -0.3 is 56.8 Å². The molecule has 0 aliphatic carbocycles. The molecule has 6 atom stereocenters. The highest BCUT2D eigenvalue weighted by molar-refractivity contribution is 5.89. The van der Waals surface area contributed by atoms with Crippen molar-refractivity contribution in [2.45, 2.75) is 36.8 Å². The van der Waals surface area contributed by atoms with Crippen LogP contribution in [0, 0.1) is 0 Å². The molecule has 310 valence electrons. The highest BCUT2D eigenvalue weighted by Gasteiger charge is 2.35. The summed E-state index contributed by atoms with van der Waals surface area (Å²) >= 11 is 0. The second-order valence-corrected chi connectivity index (χ2v) is 15.2. The van der Waals surface area contributed by atoms with E-state index in [1.54, 1.807) is 0 Å². The average Bonchev–Trinajstić information content (AvgIpc) is 4.06. The minimum absolute atomic E-state index is 0.0517. The molecule has 60 heavy (non-hydrogen) atoms. The molecule has 4 heterocycles. The van der Waals surface area contributed by atoms with Gasteiger partial charge in [0.2, 0.25) is 6.29 Å². The molecule has 0 radical (unpaired) electrons. The molecule has 0 saturated carbocycles. The minimum Gasteiger partial charge on any atom is -0.491 e. The molecule has 10 rings (SSSR count). The van der Waals surface area contributed by atoms with Gasteiger partial charge in [-0.1, -0.05) is 36.4 Å². The summed E-state index contributed by atoms with van der Waals surface area (Å²) in [4.78, 5) is 12.6. The maximum atomic E-state index is 12.6. The van der Waals surface area contributed by atoms with E-state index in [2.05, 4.69) is 0 Å². The molecular formula is C47H44O13. The van der Waals surface area contributed by atoms with Gasteiger partial charge in [0.15, 0.2) is 18.8 Å². The Hall–Kier alpha value is -5.83. The zero-order valence-corrected chi connectivity index (χ0v) is 32.7. The Labute approximate surface area is 345 Å². The van der Waals surface area contributed by atoms with E-state index in [-0.39, 0.29) is 38.1 Å². The van der Waals surface area contributed by atoms with Crippen LogP contribution >= 0.6 is 0 Å². The molecule has 6 aromatic rings. The highest BCUT2D eigenvalue weighted by Crippen LogP contribution is 2.31. The lowest BCUT2D eigenvalue weighted by Crippen LogP contribution is -2.32. The van der Waals surface area contributed by atoms with Gasteiger partial charge >= 0.3 is 5.97 Å². The first-order valence-electron chi connectivity index (χ1n) is 20.2. The van der Waals surface area contributed by atoms with Crippen LogP contribution in [0.15, 0.2) is 109 Å². The number of benzene rings is 6. The van der Waals surface area contributed by atoms with Gasteiger partial charge in [-0.2, -0.15) is 0 Å². The van der Waals surface area contributed by atoms with Crippen LogP contribution in [-0.4, -0.2) is 109 Å². The van der Waals surface area contributed by atoms with Gasteiger partial charge in [-0.05, 0) is 99.7 Å². The van der Waals surface area contributed by atoms with E-state index in [0.29, 0.717) is 56.0 Å². The van der Waals surface area contributed by atoms with Crippen LogP contribution in [0.5, 0.6) is 34.5 Å². The van der Waals surface area contributed by atoms with Crippen molar-refractivity contribution in [3.8, 4) is 34.5 Å². The Morgan fingerprint density at radius 3 is 1.62 bits per heavy atom. The van der Waals surface area contributed by atoms with E-state index >= 15 is 0 Å². The normalized spacial score (nSPS) is 20.9. The number of hydrogen-bond donors (Lipinski definition) is 0. The molecule has 13 nitrogen and oxygen atoms in total. The first kappa shape index (κ1) is 38.4. The molecule has 6 aromatic carbocycles.